The summed E-state index contributed by atoms with van der Waals surface area (Å²) in [4.78, 5) is 0. The molecule has 1 aliphatic rings. The number of benzene rings is 2. The average molecular weight is 238 g/mol. The van der Waals surface area contributed by atoms with Gasteiger partial charge in [-0.2, -0.15) is 0 Å². The average Bonchev–Trinajstić information content (AvgIpc) is 3.22. The van der Waals surface area contributed by atoms with Crippen LogP contribution in [0.5, 0.6) is 0 Å². The molecule has 0 amide bonds. The normalized spacial score (nSPS) is 25.4. The molecule has 92 valence electrons. The zero-order valence-corrected chi connectivity index (χ0v) is 10.6. The summed E-state index contributed by atoms with van der Waals surface area (Å²) in [6.45, 7) is 1.94. The molecular weight excluding hydrogens is 220 g/mol. The molecule has 0 radical (unpaired) electrons. The molecule has 0 saturated heterocycles. The van der Waals surface area contributed by atoms with E-state index in [0.717, 1.165) is 12.0 Å². The molecule has 3 rings (SSSR count). The van der Waals surface area contributed by atoms with Gasteiger partial charge < -0.3 is 5.11 Å². The van der Waals surface area contributed by atoms with Crippen LogP contribution in [0, 0.1) is 5.92 Å². The van der Waals surface area contributed by atoms with Gasteiger partial charge in [-0.1, -0.05) is 60.7 Å². The van der Waals surface area contributed by atoms with Gasteiger partial charge in [0.05, 0.1) is 5.60 Å². The molecule has 0 spiro atoms. The van der Waals surface area contributed by atoms with E-state index in [4.69, 9.17) is 0 Å². The Morgan fingerprint density at radius 1 is 0.944 bits per heavy atom. The maximum atomic E-state index is 10.8. The molecule has 2 aromatic carbocycles. The van der Waals surface area contributed by atoms with Crippen molar-refractivity contribution in [2.45, 2.75) is 24.9 Å². The van der Waals surface area contributed by atoms with E-state index in [9.17, 15) is 5.11 Å². The van der Waals surface area contributed by atoms with Crippen molar-refractivity contribution >= 4 is 0 Å². The maximum absolute atomic E-state index is 10.8. The van der Waals surface area contributed by atoms with E-state index >= 15 is 0 Å². The summed E-state index contributed by atoms with van der Waals surface area (Å²) >= 11 is 0. The van der Waals surface area contributed by atoms with Crippen LogP contribution >= 0.6 is 0 Å². The lowest BCUT2D eigenvalue weighted by Gasteiger charge is -2.24. The lowest BCUT2D eigenvalue weighted by Crippen LogP contribution is -2.24. The summed E-state index contributed by atoms with van der Waals surface area (Å²) < 4.78 is 0. The van der Waals surface area contributed by atoms with Crippen LogP contribution in [0.4, 0.5) is 0 Å². The summed E-state index contributed by atoms with van der Waals surface area (Å²) in [6.07, 6.45) is 1.08. The molecular formula is C17H18O. The van der Waals surface area contributed by atoms with Crippen molar-refractivity contribution in [3.8, 4) is 0 Å². The first-order chi connectivity index (χ1) is 8.69. The van der Waals surface area contributed by atoms with Crippen LogP contribution < -0.4 is 0 Å². The zero-order valence-electron chi connectivity index (χ0n) is 10.6. The molecule has 0 aliphatic heterocycles. The van der Waals surface area contributed by atoms with E-state index in [-0.39, 0.29) is 0 Å². The minimum absolute atomic E-state index is 0.335. The Bertz CT molecular complexity index is 516. The quantitative estimate of drug-likeness (QED) is 0.864. The Kier molecular flexibility index (Phi) is 2.71. The molecule has 1 N–H and O–H groups in total. The fourth-order valence-electron chi connectivity index (χ4n) is 2.87. The van der Waals surface area contributed by atoms with Crippen LogP contribution in [0.15, 0.2) is 60.7 Å². The highest BCUT2D eigenvalue weighted by atomic mass is 16.3. The van der Waals surface area contributed by atoms with Gasteiger partial charge in [0.2, 0.25) is 0 Å². The van der Waals surface area contributed by atoms with Gasteiger partial charge in [-0.15, -0.1) is 0 Å². The van der Waals surface area contributed by atoms with Crippen LogP contribution in [0.3, 0.4) is 0 Å². The van der Waals surface area contributed by atoms with Gasteiger partial charge in [-0.25, -0.2) is 0 Å². The minimum Gasteiger partial charge on any atom is -0.385 e. The molecule has 0 aromatic heterocycles. The van der Waals surface area contributed by atoms with Crippen LogP contribution in [-0.2, 0) is 5.60 Å². The van der Waals surface area contributed by atoms with E-state index in [0.29, 0.717) is 11.8 Å². The van der Waals surface area contributed by atoms with Crippen molar-refractivity contribution in [3.05, 3.63) is 71.8 Å². The number of rotatable bonds is 3. The molecule has 0 unspecified atom stereocenters. The van der Waals surface area contributed by atoms with Crippen molar-refractivity contribution in [2.24, 2.45) is 5.92 Å². The van der Waals surface area contributed by atoms with Gasteiger partial charge in [-0.05, 0) is 36.3 Å². The SMILES string of the molecule is C[C@@](O)(c1ccccc1)[C@@H]1C[C@@H]1c1ccccc1. The summed E-state index contributed by atoms with van der Waals surface area (Å²) in [5.74, 6) is 0.837. The van der Waals surface area contributed by atoms with E-state index < -0.39 is 5.60 Å². The van der Waals surface area contributed by atoms with Crippen LogP contribution in [0.25, 0.3) is 0 Å². The third-order valence-electron chi connectivity index (χ3n) is 4.10. The third-order valence-corrected chi connectivity index (χ3v) is 4.10. The van der Waals surface area contributed by atoms with Gasteiger partial charge in [0.25, 0.3) is 0 Å². The van der Waals surface area contributed by atoms with Crippen molar-refractivity contribution in [3.63, 3.8) is 0 Å². The third kappa shape index (κ3) is 1.95. The highest BCUT2D eigenvalue weighted by molar-refractivity contribution is 5.32. The second-order valence-corrected chi connectivity index (χ2v) is 5.37. The fourth-order valence-corrected chi connectivity index (χ4v) is 2.87. The Morgan fingerprint density at radius 2 is 1.50 bits per heavy atom. The second kappa shape index (κ2) is 4.25. The van der Waals surface area contributed by atoms with Crippen molar-refractivity contribution in [2.75, 3.05) is 0 Å². The van der Waals surface area contributed by atoms with Gasteiger partial charge >= 0.3 is 0 Å². The Morgan fingerprint density at radius 3 is 2.11 bits per heavy atom. The van der Waals surface area contributed by atoms with Crippen molar-refractivity contribution in [1.29, 1.82) is 0 Å². The maximum Gasteiger partial charge on any atom is 0.0902 e. The summed E-state index contributed by atoms with van der Waals surface area (Å²) in [6, 6.07) is 20.5. The molecule has 0 bridgehead atoms. The molecule has 18 heavy (non-hydrogen) atoms. The first-order valence-electron chi connectivity index (χ1n) is 6.52. The van der Waals surface area contributed by atoms with Crippen molar-refractivity contribution in [1.82, 2.24) is 0 Å². The van der Waals surface area contributed by atoms with Gasteiger partial charge in [-0.3, -0.25) is 0 Å². The molecule has 3 atom stereocenters. The fraction of sp³-hybridized carbons (Fsp3) is 0.294. The Hall–Kier alpha value is -1.60. The van der Waals surface area contributed by atoms with Crippen LogP contribution in [-0.4, -0.2) is 5.11 Å². The lowest BCUT2D eigenvalue weighted by molar-refractivity contribution is 0.0309. The number of aliphatic hydroxyl groups is 1. The van der Waals surface area contributed by atoms with Gasteiger partial charge in [0, 0.05) is 0 Å². The molecule has 0 heterocycles. The highest BCUT2D eigenvalue weighted by Gasteiger charge is 2.50. The summed E-state index contributed by atoms with van der Waals surface area (Å²) in [5, 5.41) is 10.8. The molecule has 1 fully saturated rings. The van der Waals surface area contributed by atoms with Crippen molar-refractivity contribution < 1.29 is 5.11 Å². The highest BCUT2D eigenvalue weighted by Crippen LogP contribution is 2.56. The first-order valence-corrected chi connectivity index (χ1v) is 6.52. The predicted molar refractivity (Wildman–Crippen MR) is 73.3 cm³/mol. The second-order valence-electron chi connectivity index (χ2n) is 5.37. The largest absolute Gasteiger partial charge is 0.385 e. The monoisotopic (exact) mass is 238 g/mol. The summed E-state index contributed by atoms with van der Waals surface area (Å²) in [5.41, 5.74) is 1.65. The lowest BCUT2D eigenvalue weighted by atomic mass is 9.89. The zero-order chi connectivity index (χ0) is 12.6. The Labute approximate surface area is 108 Å². The topological polar surface area (TPSA) is 20.2 Å². The van der Waals surface area contributed by atoms with E-state index in [1.54, 1.807) is 0 Å². The van der Waals surface area contributed by atoms with E-state index in [2.05, 4.69) is 24.3 Å². The van der Waals surface area contributed by atoms with Crippen LogP contribution in [0.1, 0.15) is 30.4 Å². The van der Waals surface area contributed by atoms with Gasteiger partial charge in [0.15, 0.2) is 0 Å². The molecule has 1 nitrogen and oxygen atoms in total. The van der Waals surface area contributed by atoms with E-state index in [1.165, 1.54) is 5.56 Å². The first kappa shape index (κ1) is 11.5. The van der Waals surface area contributed by atoms with E-state index in [1.807, 2.05) is 43.3 Å². The smallest absolute Gasteiger partial charge is 0.0902 e. The molecule has 1 saturated carbocycles. The molecule has 1 aliphatic carbocycles. The molecule has 1 heteroatoms. The number of hydrogen-bond donors (Lipinski definition) is 1. The Balaban J connectivity index is 1.82. The predicted octanol–water partition coefficient (Wildman–Crippen LogP) is 3.70. The van der Waals surface area contributed by atoms with Crippen LogP contribution in [0.2, 0.25) is 0 Å². The summed E-state index contributed by atoms with van der Waals surface area (Å²) in [7, 11) is 0. The van der Waals surface area contributed by atoms with Gasteiger partial charge in [0.1, 0.15) is 0 Å². The standard InChI is InChI=1S/C17H18O/c1-17(18,14-10-6-3-7-11-14)16-12-15(16)13-8-4-2-5-9-13/h2-11,15-16,18H,12H2,1H3/t15-,16-,17-/m1/s1. The number of hydrogen-bond acceptors (Lipinski definition) is 1. The molecule has 2 aromatic rings. The minimum atomic E-state index is -0.720.